The lowest BCUT2D eigenvalue weighted by Gasteiger charge is -2.36. The molecule has 158 valence electrons. The first-order chi connectivity index (χ1) is 14.0. The maximum absolute atomic E-state index is 6.22. The van der Waals surface area contributed by atoms with Gasteiger partial charge in [-0.1, -0.05) is 25.4 Å². The Kier molecular flexibility index (Phi) is 6.67. The van der Waals surface area contributed by atoms with Crippen LogP contribution in [0.15, 0.2) is 12.4 Å². The van der Waals surface area contributed by atoms with Crippen molar-refractivity contribution in [2.24, 2.45) is 11.8 Å². The highest BCUT2D eigenvalue weighted by Crippen LogP contribution is 2.38. The summed E-state index contributed by atoms with van der Waals surface area (Å²) in [6.45, 7) is 7.47. The molecule has 2 fully saturated rings. The number of fused-ring (bicyclic) bond motifs is 1. The van der Waals surface area contributed by atoms with E-state index in [0.717, 1.165) is 48.2 Å². The second-order valence-corrected chi connectivity index (χ2v) is 9.20. The molecule has 1 aliphatic heterocycles. The smallest absolute Gasteiger partial charge is 0.157 e. The maximum atomic E-state index is 6.22. The molecule has 1 saturated heterocycles. The predicted octanol–water partition coefficient (Wildman–Crippen LogP) is 5.83. The van der Waals surface area contributed by atoms with Gasteiger partial charge in [0.2, 0.25) is 0 Å². The average molecular weight is 418 g/mol. The molecule has 0 amide bonds. The number of ether oxygens (including phenoxy) is 2. The van der Waals surface area contributed by atoms with Crippen LogP contribution in [-0.4, -0.2) is 34.0 Å². The molecule has 2 aliphatic rings. The first-order valence-electron chi connectivity index (χ1n) is 11.1. The van der Waals surface area contributed by atoms with Crippen LogP contribution < -0.4 is 0 Å². The average Bonchev–Trinajstić information content (AvgIpc) is 2.76. The fourth-order valence-corrected chi connectivity index (χ4v) is 4.96. The molecule has 2 unspecified atom stereocenters. The molecule has 3 heterocycles. The number of nitrogens with zero attached hydrogens (tertiary/aromatic N) is 3. The third-order valence-corrected chi connectivity index (χ3v) is 7.22. The van der Waals surface area contributed by atoms with Crippen molar-refractivity contribution < 1.29 is 9.47 Å². The van der Waals surface area contributed by atoms with Crippen LogP contribution in [0.5, 0.6) is 0 Å². The summed E-state index contributed by atoms with van der Waals surface area (Å²) in [6.07, 6.45) is 12.1. The first-order valence-corrected chi connectivity index (χ1v) is 11.5. The number of pyridine rings is 1. The molecule has 29 heavy (non-hydrogen) atoms. The standard InChI is InChI=1S/C23H32ClN3O2/c1-14-12-25-22(24)19-13-26-23(27-21(14)19)16(3)15(2)17-7-9-18(10-8-17)29-20-6-4-5-11-28-20/h12-13,15-18,20H,4-11H2,1-3H3/t15-,16?,17-,18-,20?/m1/s1. The van der Waals surface area contributed by atoms with E-state index < -0.39 is 0 Å². The lowest BCUT2D eigenvalue weighted by atomic mass is 9.74. The number of rotatable bonds is 5. The number of hydrogen-bond acceptors (Lipinski definition) is 5. The van der Waals surface area contributed by atoms with E-state index in [1.165, 1.54) is 25.7 Å². The van der Waals surface area contributed by atoms with Gasteiger partial charge in [-0.2, -0.15) is 0 Å². The Balaban J connectivity index is 1.37. The molecular weight excluding hydrogens is 386 g/mol. The molecule has 3 atom stereocenters. The molecule has 2 aromatic rings. The predicted molar refractivity (Wildman–Crippen MR) is 115 cm³/mol. The topological polar surface area (TPSA) is 57.1 Å². The van der Waals surface area contributed by atoms with Gasteiger partial charge in [0.15, 0.2) is 6.29 Å². The van der Waals surface area contributed by atoms with Gasteiger partial charge in [0.25, 0.3) is 0 Å². The minimum Gasteiger partial charge on any atom is -0.353 e. The van der Waals surface area contributed by atoms with Crippen LogP contribution in [0, 0.1) is 18.8 Å². The number of aromatic nitrogens is 3. The largest absolute Gasteiger partial charge is 0.353 e. The quantitative estimate of drug-likeness (QED) is 0.573. The van der Waals surface area contributed by atoms with Crippen molar-refractivity contribution in [3.63, 3.8) is 0 Å². The third kappa shape index (κ3) is 4.73. The van der Waals surface area contributed by atoms with Crippen LogP contribution >= 0.6 is 11.6 Å². The molecule has 1 aliphatic carbocycles. The Hall–Kier alpha value is -1.30. The Morgan fingerprint density at radius 2 is 1.86 bits per heavy atom. The molecule has 1 saturated carbocycles. The molecule has 0 aromatic carbocycles. The van der Waals surface area contributed by atoms with Crippen LogP contribution in [-0.2, 0) is 9.47 Å². The van der Waals surface area contributed by atoms with Crippen molar-refractivity contribution in [2.75, 3.05) is 6.61 Å². The first kappa shape index (κ1) is 21.0. The normalized spacial score (nSPS) is 27.7. The van der Waals surface area contributed by atoms with E-state index in [4.69, 9.17) is 26.1 Å². The van der Waals surface area contributed by atoms with Crippen molar-refractivity contribution >= 4 is 22.5 Å². The van der Waals surface area contributed by atoms with Crippen molar-refractivity contribution in [1.82, 2.24) is 15.0 Å². The van der Waals surface area contributed by atoms with Gasteiger partial charge in [-0.3, -0.25) is 0 Å². The summed E-state index contributed by atoms with van der Waals surface area (Å²) in [4.78, 5) is 13.7. The maximum Gasteiger partial charge on any atom is 0.157 e. The van der Waals surface area contributed by atoms with Gasteiger partial charge in [0.05, 0.1) is 17.0 Å². The summed E-state index contributed by atoms with van der Waals surface area (Å²) in [5.41, 5.74) is 1.95. The molecular formula is C23H32ClN3O2. The van der Waals surface area contributed by atoms with Crippen molar-refractivity contribution in [3.05, 3.63) is 28.9 Å². The molecule has 0 radical (unpaired) electrons. The Bertz CT molecular complexity index is 832. The van der Waals surface area contributed by atoms with Crippen LogP contribution in [0.1, 0.15) is 76.1 Å². The van der Waals surface area contributed by atoms with Crippen molar-refractivity contribution in [3.8, 4) is 0 Å². The molecule has 0 bridgehead atoms. The lowest BCUT2D eigenvalue weighted by molar-refractivity contribution is -0.195. The van der Waals surface area contributed by atoms with Crippen LogP contribution in [0.2, 0.25) is 5.15 Å². The number of halogens is 1. The van der Waals surface area contributed by atoms with Crippen LogP contribution in [0.3, 0.4) is 0 Å². The van der Waals surface area contributed by atoms with Crippen LogP contribution in [0.25, 0.3) is 10.9 Å². The number of aryl methyl sites for hydroxylation is 1. The summed E-state index contributed by atoms with van der Waals surface area (Å²) >= 11 is 6.22. The Morgan fingerprint density at radius 1 is 1.07 bits per heavy atom. The minimum absolute atomic E-state index is 0.0252. The zero-order valence-corrected chi connectivity index (χ0v) is 18.5. The molecule has 6 heteroatoms. The van der Waals surface area contributed by atoms with Gasteiger partial charge >= 0.3 is 0 Å². The summed E-state index contributed by atoms with van der Waals surface area (Å²) in [6, 6.07) is 0. The second kappa shape index (κ2) is 9.23. The zero-order valence-electron chi connectivity index (χ0n) is 17.7. The zero-order chi connectivity index (χ0) is 20.4. The van der Waals surface area contributed by atoms with E-state index in [9.17, 15) is 0 Å². The van der Waals surface area contributed by atoms with Gasteiger partial charge < -0.3 is 9.47 Å². The summed E-state index contributed by atoms with van der Waals surface area (Å²) < 4.78 is 12.0. The van der Waals surface area contributed by atoms with E-state index in [-0.39, 0.29) is 6.29 Å². The molecule has 2 aromatic heterocycles. The van der Waals surface area contributed by atoms with E-state index in [1.807, 2.05) is 13.1 Å². The fraction of sp³-hybridized carbons (Fsp3) is 0.696. The number of hydrogen-bond donors (Lipinski definition) is 0. The van der Waals surface area contributed by atoms with Gasteiger partial charge in [-0.15, -0.1) is 0 Å². The van der Waals surface area contributed by atoms with E-state index >= 15 is 0 Å². The monoisotopic (exact) mass is 417 g/mol. The summed E-state index contributed by atoms with van der Waals surface area (Å²) in [5, 5.41) is 1.30. The molecule has 5 nitrogen and oxygen atoms in total. The Morgan fingerprint density at radius 3 is 2.59 bits per heavy atom. The van der Waals surface area contributed by atoms with Crippen LogP contribution in [0.4, 0.5) is 0 Å². The van der Waals surface area contributed by atoms with Crippen molar-refractivity contribution in [1.29, 1.82) is 0 Å². The summed E-state index contributed by atoms with van der Waals surface area (Å²) in [5.74, 6) is 2.41. The van der Waals surface area contributed by atoms with Crippen molar-refractivity contribution in [2.45, 2.75) is 84.0 Å². The minimum atomic E-state index is 0.0252. The summed E-state index contributed by atoms with van der Waals surface area (Å²) in [7, 11) is 0. The van der Waals surface area contributed by atoms with Gasteiger partial charge in [-0.25, -0.2) is 15.0 Å². The molecule has 4 rings (SSSR count). The molecule has 0 spiro atoms. The van der Waals surface area contributed by atoms with E-state index in [2.05, 4.69) is 23.8 Å². The Labute approximate surface area is 178 Å². The fourth-order valence-electron chi connectivity index (χ4n) is 4.78. The van der Waals surface area contributed by atoms with Gasteiger partial charge in [0, 0.05) is 24.9 Å². The molecule has 0 N–H and O–H groups in total. The van der Waals surface area contributed by atoms with Gasteiger partial charge in [0.1, 0.15) is 11.0 Å². The third-order valence-electron chi connectivity index (χ3n) is 6.92. The highest BCUT2D eigenvalue weighted by Gasteiger charge is 2.31. The van der Waals surface area contributed by atoms with E-state index in [0.29, 0.717) is 29.0 Å². The SMILES string of the molecule is Cc1cnc(Cl)c2cnc(C(C)[C@@H](C)[C@H]3CC[C@H](OC4CCCCO4)CC3)nc12. The highest BCUT2D eigenvalue weighted by atomic mass is 35.5. The van der Waals surface area contributed by atoms with Gasteiger partial charge in [-0.05, 0) is 69.3 Å². The highest BCUT2D eigenvalue weighted by molar-refractivity contribution is 6.34. The second-order valence-electron chi connectivity index (χ2n) is 8.84. The lowest BCUT2D eigenvalue weighted by Crippen LogP contribution is -2.32. The van der Waals surface area contributed by atoms with E-state index in [1.54, 1.807) is 6.20 Å².